The van der Waals surface area contributed by atoms with E-state index in [1.165, 1.54) is 37.1 Å². The summed E-state index contributed by atoms with van der Waals surface area (Å²) in [6.45, 7) is 5.37. The maximum Gasteiger partial charge on any atom is 0.412 e. The number of nitrogens with zero attached hydrogens (tertiary/aromatic N) is 3. The molecule has 0 fully saturated rings. The highest BCUT2D eigenvalue weighted by atomic mass is 35.5. The van der Waals surface area contributed by atoms with Crippen LogP contribution < -0.4 is 20.3 Å². The maximum atomic E-state index is 14.1. The molecular weight excluding hydrogens is 619 g/mol. The minimum absolute atomic E-state index is 0.0790. The molecule has 2 heterocycles. The molecule has 1 N–H and O–H groups in total. The lowest BCUT2D eigenvalue weighted by molar-refractivity contribution is 0.0636. The predicted molar refractivity (Wildman–Crippen MR) is 165 cm³/mol. The van der Waals surface area contributed by atoms with Gasteiger partial charge in [-0.1, -0.05) is 35.3 Å². The topological polar surface area (TPSA) is 139 Å². The Morgan fingerprint density at radius 2 is 1.70 bits per heavy atom. The predicted octanol–water partition coefficient (Wildman–Crippen LogP) is 5.78. The van der Waals surface area contributed by atoms with Gasteiger partial charge in [0.25, 0.3) is 5.56 Å². The van der Waals surface area contributed by atoms with Crippen LogP contribution >= 0.6 is 23.2 Å². The summed E-state index contributed by atoms with van der Waals surface area (Å²) in [5.74, 6) is 0.476. The molecule has 2 aromatic carbocycles. The summed E-state index contributed by atoms with van der Waals surface area (Å²) >= 11 is 13.3. The van der Waals surface area contributed by atoms with Crippen molar-refractivity contribution in [2.24, 2.45) is 0 Å². The van der Waals surface area contributed by atoms with Crippen molar-refractivity contribution in [3.05, 3.63) is 68.6 Å². The Labute approximate surface area is 258 Å². The summed E-state index contributed by atoms with van der Waals surface area (Å²) in [6.07, 6.45) is 2.01. The zero-order valence-electron chi connectivity index (χ0n) is 24.3. The molecule has 14 heteroatoms. The van der Waals surface area contributed by atoms with Crippen LogP contribution in [0.5, 0.6) is 11.5 Å². The third-order valence-corrected chi connectivity index (χ3v) is 7.79. The van der Waals surface area contributed by atoms with Gasteiger partial charge in [-0.25, -0.2) is 18.2 Å². The van der Waals surface area contributed by atoms with E-state index < -0.39 is 32.2 Å². The van der Waals surface area contributed by atoms with Crippen molar-refractivity contribution in [2.45, 2.75) is 44.5 Å². The van der Waals surface area contributed by atoms with E-state index in [0.717, 1.165) is 11.8 Å². The second-order valence-corrected chi connectivity index (χ2v) is 13.2. The number of nitrogens with one attached hydrogen (secondary N) is 1. The Kier molecular flexibility index (Phi) is 9.24. The van der Waals surface area contributed by atoms with Gasteiger partial charge in [0, 0.05) is 41.7 Å². The van der Waals surface area contributed by atoms with Crippen LogP contribution in [0.25, 0.3) is 22.2 Å². The summed E-state index contributed by atoms with van der Waals surface area (Å²) in [5, 5.41) is 2.82. The molecule has 0 atom stereocenters. The first-order valence-corrected chi connectivity index (χ1v) is 15.6. The van der Waals surface area contributed by atoms with Gasteiger partial charge in [0.05, 0.1) is 29.8 Å². The molecule has 0 spiro atoms. The Balaban J connectivity index is 1.84. The number of amides is 1. The van der Waals surface area contributed by atoms with E-state index in [9.17, 15) is 18.0 Å². The van der Waals surface area contributed by atoms with Crippen molar-refractivity contribution in [1.82, 2.24) is 14.5 Å². The summed E-state index contributed by atoms with van der Waals surface area (Å²) < 4.78 is 41.9. The molecule has 1 amide bonds. The number of halogens is 2. The molecule has 0 saturated heterocycles. The minimum Gasteiger partial charge on any atom is -0.495 e. The van der Waals surface area contributed by atoms with E-state index in [-0.39, 0.29) is 44.9 Å². The molecule has 0 aliphatic rings. The van der Waals surface area contributed by atoms with Gasteiger partial charge in [-0.2, -0.15) is 4.98 Å². The average Bonchev–Trinajstić information content (AvgIpc) is 2.91. The second kappa shape index (κ2) is 12.4. The molecule has 0 saturated carbocycles. The van der Waals surface area contributed by atoms with Gasteiger partial charge >= 0.3 is 6.09 Å². The van der Waals surface area contributed by atoms with Crippen LogP contribution in [0.2, 0.25) is 10.0 Å². The number of hydrogen-bond donors (Lipinski definition) is 1. The smallest absolute Gasteiger partial charge is 0.412 e. The highest BCUT2D eigenvalue weighted by Gasteiger charge is 2.24. The van der Waals surface area contributed by atoms with Gasteiger partial charge in [-0.15, -0.1) is 0 Å². The number of sulfone groups is 1. The monoisotopic (exact) mass is 648 g/mol. The molecule has 2 aromatic heterocycles. The van der Waals surface area contributed by atoms with Crippen molar-refractivity contribution in [2.75, 3.05) is 25.8 Å². The number of carbonyl (C=O) groups is 1. The summed E-state index contributed by atoms with van der Waals surface area (Å²) in [4.78, 5) is 34.6. The number of pyridine rings is 1. The number of benzene rings is 2. The van der Waals surface area contributed by atoms with Crippen molar-refractivity contribution in [3.8, 4) is 22.6 Å². The second-order valence-electron chi connectivity index (χ2n) is 10.6. The van der Waals surface area contributed by atoms with E-state index in [4.69, 9.17) is 37.4 Å². The van der Waals surface area contributed by atoms with E-state index in [1.807, 2.05) is 6.07 Å². The van der Waals surface area contributed by atoms with Gasteiger partial charge in [0.2, 0.25) is 15.0 Å². The lowest BCUT2D eigenvalue weighted by atomic mass is 10.0. The largest absolute Gasteiger partial charge is 0.495 e. The molecule has 0 unspecified atom stereocenters. The molecule has 4 aromatic rings. The third-order valence-electron chi connectivity index (χ3n) is 6.18. The molecule has 43 heavy (non-hydrogen) atoms. The highest BCUT2D eigenvalue weighted by molar-refractivity contribution is 7.90. The number of anilines is 1. The van der Waals surface area contributed by atoms with Crippen molar-refractivity contribution >= 4 is 55.9 Å². The zero-order valence-corrected chi connectivity index (χ0v) is 26.6. The van der Waals surface area contributed by atoms with Gasteiger partial charge in [0.1, 0.15) is 22.7 Å². The lowest BCUT2D eigenvalue weighted by Crippen LogP contribution is -2.27. The highest BCUT2D eigenvalue weighted by Crippen LogP contribution is 2.45. The quantitative estimate of drug-likeness (QED) is 0.236. The molecule has 0 radical (unpaired) electrons. The van der Waals surface area contributed by atoms with Crippen LogP contribution in [0, 0.1) is 0 Å². The Morgan fingerprint density at radius 3 is 2.28 bits per heavy atom. The maximum absolute atomic E-state index is 14.1. The summed E-state index contributed by atoms with van der Waals surface area (Å²) in [5.41, 5.74) is 0.464. The third kappa shape index (κ3) is 7.20. The number of aryl methyl sites for hydroxylation is 2. The molecule has 0 aliphatic heterocycles. The molecule has 4 rings (SSSR count). The van der Waals surface area contributed by atoms with Gasteiger partial charge in [-0.3, -0.25) is 14.7 Å². The number of ether oxygens (including phenoxy) is 3. The van der Waals surface area contributed by atoms with Crippen LogP contribution in [0.4, 0.5) is 10.5 Å². The van der Waals surface area contributed by atoms with Gasteiger partial charge in [0.15, 0.2) is 0 Å². The lowest BCUT2D eigenvalue weighted by Gasteiger charge is -2.20. The fourth-order valence-corrected chi connectivity index (χ4v) is 5.50. The van der Waals surface area contributed by atoms with Crippen molar-refractivity contribution < 1.29 is 27.4 Å². The molecule has 0 aliphatic carbocycles. The molecule has 228 valence electrons. The van der Waals surface area contributed by atoms with Gasteiger partial charge in [-0.05, 0) is 51.0 Å². The fraction of sp³-hybridized carbons (Fsp3) is 0.310. The van der Waals surface area contributed by atoms with E-state index in [0.29, 0.717) is 17.5 Å². The number of rotatable bonds is 8. The average molecular weight is 650 g/mol. The summed E-state index contributed by atoms with van der Waals surface area (Å²) in [7, 11) is -0.940. The standard InChI is InChI=1S/C29H30Cl2N4O7S/c1-29(2,3)42-28(37)33-18-9-7-8-16(12-18)10-11-35-25-17(15-32-27(34-25)43(6,38)39)13-19(26(35)36)22-23(30)20(40-4)14-21(41-5)24(22)31/h7-9,12-15H,10-11H2,1-6H3,(H,33,37). The van der Waals surface area contributed by atoms with Crippen molar-refractivity contribution in [1.29, 1.82) is 0 Å². The van der Waals surface area contributed by atoms with Crippen LogP contribution in [0.15, 0.2) is 52.5 Å². The molecule has 11 nitrogen and oxygen atoms in total. The number of fused-ring (bicyclic) bond motifs is 1. The van der Waals surface area contributed by atoms with Gasteiger partial charge < -0.3 is 14.2 Å². The van der Waals surface area contributed by atoms with E-state index in [2.05, 4.69) is 15.3 Å². The number of aromatic nitrogens is 3. The van der Waals surface area contributed by atoms with Crippen LogP contribution in [-0.4, -0.2) is 55.1 Å². The fourth-order valence-electron chi connectivity index (χ4n) is 4.30. The van der Waals surface area contributed by atoms with E-state index >= 15 is 0 Å². The first kappa shape index (κ1) is 32.1. The first-order chi connectivity index (χ1) is 20.1. The Hall–Kier alpha value is -3.87. The number of methoxy groups -OCH3 is 2. The number of carbonyl (C=O) groups excluding carboxylic acids is 1. The Bertz CT molecular complexity index is 1860. The van der Waals surface area contributed by atoms with E-state index in [1.54, 1.807) is 39.0 Å². The molecule has 0 bridgehead atoms. The van der Waals surface area contributed by atoms with Crippen molar-refractivity contribution in [3.63, 3.8) is 0 Å². The summed E-state index contributed by atoms with van der Waals surface area (Å²) in [6, 6.07) is 10.0. The van der Waals surface area contributed by atoms with Crippen LogP contribution in [0.3, 0.4) is 0 Å². The number of hydrogen-bond acceptors (Lipinski definition) is 9. The van der Waals surface area contributed by atoms with Crippen LogP contribution in [-0.2, 0) is 27.5 Å². The normalized spacial score (nSPS) is 11.8. The zero-order chi connectivity index (χ0) is 31.7. The molecular formula is C29H30Cl2N4O7S. The minimum atomic E-state index is -3.78. The Morgan fingerprint density at radius 1 is 1.05 bits per heavy atom. The SMILES string of the molecule is COc1cc(OC)c(Cl)c(-c2cc3cnc(S(C)(=O)=O)nc3n(CCc3cccc(NC(=O)OC(C)(C)C)c3)c2=O)c1Cl. The van der Waals surface area contributed by atoms with Crippen LogP contribution in [0.1, 0.15) is 26.3 Å². The first-order valence-electron chi connectivity index (χ1n) is 12.9.